The molecule has 0 radical (unpaired) electrons. The number of carbonyl (C=O) groups is 2. The molecular formula is C13H12BrNO3. The average Bonchev–Trinajstić information content (AvgIpc) is 2.27. The number of aromatic carboxylic acids is 1. The maximum absolute atomic E-state index is 11.0. The van der Waals surface area contributed by atoms with E-state index >= 15 is 0 Å². The Kier molecular flexibility index (Phi) is 5.40. The molecule has 0 saturated carbocycles. The molecule has 0 fully saturated rings. The molecule has 2 N–H and O–H groups in total. The van der Waals surface area contributed by atoms with E-state index in [-0.39, 0.29) is 11.5 Å². The van der Waals surface area contributed by atoms with Gasteiger partial charge in [0.2, 0.25) is 5.91 Å². The Morgan fingerprint density at radius 3 is 2.78 bits per heavy atom. The van der Waals surface area contributed by atoms with Crippen LogP contribution in [0, 0.1) is 11.8 Å². The number of amides is 1. The van der Waals surface area contributed by atoms with Crippen LogP contribution in [-0.4, -0.2) is 23.5 Å². The van der Waals surface area contributed by atoms with E-state index in [1.54, 1.807) is 12.1 Å². The highest BCUT2D eigenvalue weighted by Gasteiger charge is 2.07. The van der Waals surface area contributed by atoms with Crippen LogP contribution in [0.3, 0.4) is 0 Å². The van der Waals surface area contributed by atoms with E-state index in [2.05, 4.69) is 33.1 Å². The van der Waals surface area contributed by atoms with Crippen molar-refractivity contribution in [2.75, 3.05) is 6.54 Å². The van der Waals surface area contributed by atoms with Gasteiger partial charge < -0.3 is 10.4 Å². The van der Waals surface area contributed by atoms with Gasteiger partial charge in [0.25, 0.3) is 0 Å². The van der Waals surface area contributed by atoms with Crippen LogP contribution in [0.4, 0.5) is 0 Å². The molecule has 0 aliphatic heterocycles. The normalized spacial score (nSPS) is 9.22. The third kappa shape index (κ3) is 4.60. The number of hydrogen-bond donors (Lipinski definition) is 2. The van der Waals surface area contributed by atoms with Crippen molar-refractivity contribution >= 4 is 27.8 Å². The number of nitrogens with one attached hydrogen (secondary N) is 1. The molecule has 0 saturated heterocycles. The molecule has 1 aromatic rings. The first-order valence-electron chi connectivity index (χ1n) is 5.27. The predicted molar refractivity (Wildman–Crippen MR) is 71.3 cm³/mol. The number of rotatable bonds is 3. The van der Waals surface area contributed by atoms with Gasteiger partial charge in [-0.15, -0.1) is 0 Å². The van der Waals surface area contributed by atoms with Gasteiger partial charge in [0.1, 0.15) is 0 Å². The Hall–Kier alpha value is -1.80. The first kappa shape index (κ1) is 14.3. The summed E-state index contributed by atoms with van der Waals surface area (Å²) >= 11 is 3.27. The van der Waals surface area contributed by atoms with Crippen LogP contribution in [0.1, 0.15) is 29.3 Å². The van der Waals surface area contributed by atoms with Crippen LogP contribution in [0.2, 0.25) is 0 Å². The lowest BCUT2D eigenvalue weighted by atomic mass is 10.1. The van der Waals surface area contributed by atoms with E-state index in [0.29, 0.717) is 18.5 Å². The number of benzene rings is 1. The summed E-state index contributed by atoms with van der Waals surface area (Å²) in [5.74, 6) is 4.52. The fourth-order valence-corrected chi connectivity index (χ4v) is 1.63. The summed E-state index contributed by atoms with van der Waals surface area (Å²) in [6.45, 7) is 1.89. The van der Waals surface area contributed by atoms with E-state index in [1.807, 2.05) is 0 Å². The highest BCUT2D eigenvalue weighted by atomic mass is 79.9. The van der Waals surface area contributed by atoms with Gasteiger partial charge in [-0.25, -0.2) is 4.79 Å². The first-order valence-corrected chi connectivity index (χ1v) is 6.06. The summed E-state index contributed by atoms with van der Waals surface area (Å²) in [5.41, 5.74) is 0.630. The number of carboxylic acid groups (broad SMARTS) is 1. The number of carboxylic acids is 1. The summed E-state index contributed by atoms with van der Waals surface area (Å²) in [4.78, 5) is 21.6. The molecule has 4 nitrogen and oxygen atoms in total. The summed E-state index contributed by atoms with van der Waals surface area (Å²) in [5, 5.41) is 11.6. The summed E-state index contributed by atoms with van der Waals surface area (Å²) in [7, 11) is 0. The van der Waals surface area contributed by atoms with Crippen LogP contribution in [-0.2, 0) is 4.79 Å². The van der Waals surface area contributed by atoms with E-state index in [4.69, 9.17) is 5.11 Å². The molecule has 18 heavy (non-hydrogen) atoms. The van der Waals surface area contributed by atoms with E-state index in [0.717, 1.165) is 4.47 Å². The first-order chi connectivity index (χ1) is 8.50. The standard InChI is InChI=1S/C13H12BrNO3/c1-9(16)15-7-3-2-4-10-8-11(14)5-6-12(10)13(17)18/h5-6,8H,3,7H2,1H3,(H,15,16)(H,17,18). The second-order valence-electron chi connectivity index (χ2n) is 3.53. The van der Waals surface area contributed by atoms with Gasteiger partial charge in [-0.05, 0) is 18.2 Å². The third-order valence-electron chi connectivity index (χ3n) is 2.06. The molecule has 0 aliphatic rings. The third-order valence-corrected chi connectivity index (χ3v) is 2.55. The lowest BCUT2D eigenvalue weighted by Crippen LogP contribution is -2.20. The number of halogens is 1. The molecule has 0 heterocycles. The highest BCUT2D eigenvalue weighted by molar-refractivity contribution is 9.10. The average molecular weight is 310 g/mol. The van der Waals surface area contributed by atoms with Crippen molar-refractivity contribution < 1.29 is 14.7 Å². The predicted octanol–water partition coefficient (Wildman–Crippen LogP) is 2.02. The largest absolute Gasteiger partial charge is 0.478 e. The minimum absolute atomic E-state index is 0.106. The van der Waals surface area contributed by atoms with Crippen molar-refractivity contribution in [3.63, 3.8) is 0 Å². The SMILES string of the molecule is CC(=O)NCCC#Cc1cc(Br)ccc1C(=O)O. The smallest absolute Gasteiger partial charge is 0.336 e. The van der Waals surface area contributed by atoms with Crippen molar-refractivity contribution in [2.24, 2.45) is 0 Å². The maximum Gasteiger partial charge on any atom is 0.336 e. The second-order valence-corrected chi connectivity index (χ2v) is 4.45. The molecular weight excluding hydrogens is 298 g/mol. The van der Waals surface area contributed by atoms with Crippen molar-refractivity contribution in [1.29, 1.82) is 0 Å². The van der Waals surface area contributed by atoms with Gasteiger partial charge in [-0.1, -0.05) is 27.8 Å². The van der Waals surface area contributed by atoms with E-state index in [9.17, 15) is 9.59 Å². The second kappa shape index (κ2) is 6.82. The molecule has 0 bridgehead atoms. The zero-order valence-electron chi connectivity index (χ0n) is 9.79. The highest BCUT2D eigenvalue weighted by Crippen LogP contribution is 2.16. The van der Waals surface area contributed by atoms with Gasteiger partial charge >= 0.3 is 5.97 Å². The van der Waals surface area contributed by atoms with Gasteiger partial charge in [-0.3, -0.25) is 4.79 Å². The lowest BCUT2D eigenvalue weighted by molar-refractivity contribution is -0.118. The molecule has 5 heteroatoms. The molecule has 0 spiro atoms. The Morgan fingerprint density at radius 1 is 1.44 bits per heavy atom. The van der Waals surface area contributed by atoms with Crippen molar-refractivity contribution in [2.45, 2.75) is 13.3 Å². The Labute approximate surface area is 114 Å². The van der Waals surface area contributed by atoms with Crippen molar-refractivity contribution in [3.8, 4) is 11.8 Å². The van der Waals surface area contributed by atoms with Gasteiger partial charge in [0.15, 0.2) is 0 Å². The van der Waals surface area contributed by atoms with Crippen molar-refractivity contribution in [3.05, 3.63) is 33.8 Å². The van der Waals surface area contributed by atoms with E-state index in [1.165, 1.54) is 13.0 Å². The van der Waals surface area contributed by atoms with Gasteiger partial charge in [0, 0.05) is 29.9 Å². The topological polar surface area (TPSA) is 66.4 Å². The zero-order chi connectivity index (χ0) is 13.5. The van der Waals surface area contributed by atoms with E-state index < -0.39 is 5.97 Å². The molecule has 0 aliphatic carbocycles. The van der Waals surface area contributed by atoms with Crippen LogP contribution in [0.25, 0.3) is 0 Å². The minimum atomic E-state index is -1.01. The Morgan fingerprint density at radius 2 is 2.17 bits per heavy atom. The van der Waals surface area contributed by atoms with Crippen LogP contribution < -0.4 is 5.32 Å². The monoisotopic (exact) mass is 309 g/mol. The molecule has 0 atom stereocenters. The van der Waals surface area contributed by atoms with Crippen LogP contribution in [0.5, 0.6) is 0 Å². The minimum Gasteiger partial charge on any atom is -0.478 e. The van der Waals surface area contributed by atoms with Crippen LogP contribution >= 0.6 is 15.9 Å². The summed E-state index contributed by atoms with van der Waals surface area (Å²) < 4.78 is 0.777. The maximum atomic E-state index is 11.0. The molecule has 0 unspecified atom stereocenters. The summed E-state index contributed by atoms with van der Waals surface area (Å²) in [6.07, 6.45) is 0.477. The number of hydrogen-bond acceptors (Lipinski definition) is 2. The molecule has 0 aromatic heterocycles. The van der Waals surface area contributed by atoms with Gasteiger partial charge in [0.05, 0.1) is 5.56 Å². The zero-order valence-corrected chi connectivity index (χ0v) is 11.4. The Balaban J connectivity index is 2.77. The van der Waals surface area contributed by atoms with Crippen LogP contribution in [0.15, 0.2) is 22.7 Å². The molecule has 94 valence electrons. The van der Waals surface area contributed by atoms with Gasteiger partial charge in [-0.2, -0.15) is 0 Å². The fourth-order valence-electron chi connectivity index (χ4n) is 1.27. The summed E-state index contributed by atoms with van der Waals surface area (Å²) in [6, 6.07) is 4.82. The Bertz CT molecular complexity index is 529. The van der Waals surface area contributed by atoms with Crippen molar-refractivity contribution in [1.82, 2.24) is 5.32 Å². The quantitative estimate of drug-likeness (QED) is 0.663. The molecule has 1 aromatic carbocycles. The molecule has 1 amide bonds. The number of carbonyl (C=O) groups excluding carboxylic acids is 1. The lowest BCUT2D eigenvalue weighted by Gasteiger charge is -1.99. The fraction of sp³-hybridized carbons (Fsp3) is 0.231. The molecule has 1 rings (SSSR count).